The third-order valence-corrected chi connectivity index (χ3v) is 4.48. The first-order chi connectivity index (χ1) is 12.3. The summed E-state index contributed by atoms with van der Waals surface area (Å²) in [6.07, 6.45) is 1.97. The molecule has 138 valence electrons. The van der Waals surface area contributed by atoms with E-state index < -0.39 is 11.8 Å². The summed E-state index contributed by atoms with van der Waals surface area (Å²) in [6, 6.07) is 6.03. The average Bonchev–Trinajstić information content (AvgIpc) is 3.41. The van der Waals surface area contributed by atoms with Gasteiger partial charge in [-0.15, -0.1) is 0 Å². The Morgan fingerprint density at radius 1 is 1.31 bits per heavy atom. The number of pyridine rings is 1. The Kier molecular flexibility index (Phi) is 5.20. The summed E-state index contributed by atoms with van der Waals surface area (Å²) in [7, 11) is 0. The summed E-state index contributed by atoms with van der Waals surface area (Å²) in [4.78, 5) is 30.3. The van der Waals surface area contributed by atoms with Crippen molar-refractivity contribution in [3.8, 4) is 0 Å². The van der Waals surface area contributed by atoms with E-state index in [0.29, 0.717) is 28.9 Å². The molecule has 1 aliphatic rings. The van der Waals surface area contributed by atoms with Gasteiger partial charge in [0.2, 0.25) is 0 Å². The smallest absolute Gasteiger partial charge is 0.305 e. The molecule has 1 saturated carbocycles. The summed E-state index contributed by atoms with van der Waals surface area (Å²) in [5.41, 5.74) is 1.86. The van der Waals surface area contributed by atoms with Crippen LogP contribution >= 0.6 is 0 Å². The zero-order valence-electron chi connectivity index (χ0n) is 15.0. The minimum atomic E-state index is -0.948. The van der Waals surface area contributed by atoms with Gasteiger partial charge in [-0.1, -0.05) is 13.8 Å². The van der Waals surface area contributed by atoms with E-state index in [0.717, 1.165) is 18.5 Å². The van der Waals surface area contributed by atoms with E-state index in [1.54, 1.807) is 17.0 Å². The number of rotatable bonds is 7. The molecule has 0 unspecified atom stereocenters. The number of halogens is 1. The van der Waals surface area contributed by atoms with Crippen LogP contribution in [0.4, 0.5) is 4.39 Å². The van der Waals surface area contributed by atoms with Crippen LogP contribution in [-0.4, -0.2) is 40.0 Å². The average molecular weight is 358 g/mol. The topological polar surface area (TPSA) is 70.5 Å². The number of hydrogen-bond donors (Lipinski definition) is 1. The van der Waals surface area contributed by atoms with E-state index in [-0.39, 0.29) is 24.8 Å². The SMILES string of the molecule is CC(C)CN(CCC(=O)O)C(=O)c1cc(C2CC2)nc2ccc(F)cc12. The van der Waals surface area contributed by atoms with Crippen LogP contribution in [0.5, 0.6) is 0 Å². The second-order valence-electron chi connectivity index (χ2n) is 7.32. The van der Waals surface area contributed by atoms with Crippen LogP contribution in [0.15, 0.2) is 24.3 Å². The maximum absolute atomic E-state index is 13.8. The van der Waals surface area contributed by atoms with Crippen LogP contribution in [0.25, 0.3) is 10.9 Å². The van der Waals surface area contributed by atoms with Crippen molar-refractivity contribution in [1.82, 2.24) is 9.88 Å². The van der Waals surface area contributed by atoms with Gasteiger partial charge in [0.15, 0.2) is 0 Å². The molecule has 1 fully saturated rings. The lowest BCUT2D eigenvalue weighted by molar-refractivity contribution is -0.137. The van der Waals surface area contributed by atoms with Crippen LogP contribution in [0, 0.1) is 11.7 Å². The minimum absolute atomic E-state index is 0.120. The van der Waals surface area contributed by atoms with Crippen molar-refractivity contribution >= 4 is 22.8 Å². The molecule has 0 spiro atoms. The highest BCUT2D eigenvalue weighted by atomic mass is 19.1. The fraction of sp³-hybridized carbons (Fsp3) is 0.450. The van der Waals surface area contributed by atoms with E-state index in [9.17, 15) is 14.0 Å². The number of benzene rings is 1. The van der Waals surface area contributed by atoms with Gasteiger partial charge in [0.25, 0.3) is 5.91 Å². The fourth-order valence-electron chi connectivity index (χ4n) is 3.10. The van der Waals surface area contributed by atoms with Gasteiger partial charge in [0.1, 0.15) is 5.82 Å². The van der Waals surface area contributed by atoms with Crippen LogP contribution in [-0.2, 0) is 4.79 Å². The summed E-state index contributed by atoms with van der Waals surface area (Å²) in [6.45, 7) is 4.52. The first-order valence-electron chi connectivity index (χ1n) is 8.96. The molecular weight excluding hydrogens is 335 g/mol. The van der Waals surface area contributed by atoms with Crippen LogP contribution < -0.4 is 0 Å². The summed E-state index contributed by atoms with van der Waals surface area (Å²) < 4.78 is 13.8. The number of carboxylic acid groups (broad SMARTS) is 1. The number of aromatic nitrogens is 1. The molecule has 1 amide bonds. The number of nitrogens with zero attached hydrogens (tertiary/aromatic N) is 2. The molecule has 0 atom stereocenters. The Balaban J connectivity index is 2.03. The standard InChI is InChI=1S/C20H23FN2O3/c1-12(2)11-23(8-7-19(24)25)20(26)16-10-18(13-3-4-13)22-17-6-5-14(21)9-15(16)17/h5-6,9-10,12-13H,3-4,7-8,11H2,1-2H3,(H,24,25). The highest BCUT2D eigenvalue weighted by molar-refractivity contribution is 6.06. The van der Waals surface area contributed by atoms with E-state index >= 15 is 0 Å². The van der Waals surface area contributed by atoms with Crippen LogP contribution in [0.1, 0.15) is 55.1 Å². The molecule has 1 aromatic carbocycles. The maximum atomic E-state index is 13.8. The van der Waals surface area contributed by atoms with Gasteiger partial charge in [-0.25, -0.2) is 4.39 Å². The number of aliphatic carboxylic acids is 1. The van der Waals surface area contributed by atoms with Gasteiger partial charge >= 0.3 is 5.97 Å². The highest BCUT2D eigenvalue weighted by Gasteiger charge is 2.28. The zero-order chi connectivity index (χ0) is 18.8. The van der Waals surface area contributed by atoms with Crippen molar-refractivity contribution in [2.75, 3.05) is 13.1 Å². The van der Waals surface area contributed by atoms with Crippen molar-refractivity contribution in [3.63, 3.8) is 0 Å². The Morgan fingerprint density at radius 2 is 2.04 bits per heavy atom. The maximum Gasteiger partial charge on any atom is 0.305 e. The quantitative estimate of drug-likeness (QED) is 0.817. The number of amides is 1. The highest BCUT2D eigenvalue weighted by Crippen LogP contribution is 2.40. The van der Waals surface area contributed by atoms with Gasteiger partial charge in [0.05, 0.1) is 17.5 Å². The van der Waals surface area contributed by atoms with Gasteiger partial charge in [-0.05, 0) is 43.0 Å². The number of carbonyl (C=O) groups excluding carboxylic acids is 1. The number of hydrogen-bond acceptors (Lipinski definition) is 3. The molecule has 1 heterocycles. The molecule has 5 nitrogen and oxygen atoms in total. The van der Waals surface area contributed by atoms with E-state index in [4.69, 9.17) is 5.11 Å². The van der Waals surface area contributed by atoms with Crippen molar-refractivity contribution in [2.45, 2.75) is 39.0 Å². The molecule has 26 heavy (non-hydrogen) atoms. The van der Waals surface area contributed by atoms with Gasteiger partial charge in [0, 0.05) is 30.1 Å². The van der Waals surface area contributed by atoms with Gasteiger partial charge in [-0.2, -0.15) is 0 Å². The third kappa shape index (κ3) is 4.18. The Bertz CT molecular complexity index is 846. The van der Waals surface area contributed by atoms with Crippen molar-refractivity contribution in [2.24, 2.45) is 5.92 Å². The van der Waals surface area contributed by atoms with Crippen LogP contribution in [0.3, 0.4) is 0 Å². The van der Waals surface area contributed by atoms with Gasteiger partial charge < -0.3 is 10.0 Å². The molecule has 0 saturated heterocycles. The monoisotopic (exact) mass is 358 g/mol. The molecular formula is C20H23FN2O3. The second kappa shape index (κ2) is 7.40. The molecule has 2 aromatic rings. The first kappa shape index (κ1) is 18.3. The van der Waals surface area contributed by atoms with Gasteiger partial charge in [-0.3, -0.25) is 14.6 Å². The first-order valence-corrected chi connectivity index (χ1v) is 8.96. The summed E-state index contributed by atoms with van der Waals surface area (Å²) in [5.74, 6) is -1.08. The van der Waals surface area contributed by atoms with Crippen molar-refractivity contribution in [3.05, 3.63) is 41.3 Å². The van der Waals surface area contributed by atoms with Crippen molar-refractivity contribution in [1.29, 1.82) is 0 Å². The molecule has 6 heteroatoms. The largest absolute Gasteiger partial charge is 0.481 e. The predicted molar refractivity (Wildman–Crippen MR) is 96.7 cm³/mol. The van der Waals surface area contributed by atoms with Crippen LogP contribution in [0.2, 0.25) is 0 Å². The molecule has 1 aliphatic carbocycles. The second-order valence-corrected chi connectivity index (χ2v) is 7.32. The molecule has 0 radical (unpaired) electrons. The fourth-order valence-corrected chi connectivity index (χ4v) is 3.10. The van der Waals surface area contributed by atoms with Crippen molar-refractivity contribution < 1.29 is 19.1 Å². The molecule has 0 bridgehead atoms. The van der Waals surface area contributed by atoms with E-state index in [2.05, 4.69) is 4.98 Å². The Morgan fingerprint density at radius 3 is 2.65 bits per heavy atom. The minimum Gasteiger partial charge on any atom is -0.481 e. The van der Waals surface area contributed by atoms with E-state index in [1.165, 1.54) is 12.1 Å². The lowest BCUT2D eigenvalue weighted by Crippen LogP contribution is -2.36. The van der Waals surface area contributed by atoms with E-state index in [1.807, 2.05) is 13.8 Å². The molecule has 0 aliphatic heterocycles. The Labute approximate surface area is 151 Å². The summed E-state index contributed by atoms with van der Waals surface area (Å²) in [5, 5.41) is 9.46. The number of fused-ring (bicyclic) bond motifs is 1. The lowest BCUT2D eigenvalue weighted by Gasteiger charge is -2.25. The third-order valence-electron chi connectivity index (χ3n) is 4.48. The molecule has 3 rings (SSSR count). The Hall–Kier alpha value is -2.50. The predicted octanol–water partition coefficient (Wildman–Crippen LogP) is 3.82. The number of carboxylic acids is 1. The number of carbonyl (C=O) groups is 2. The summed E-state index contributed by atoms with van der Waals surface area (Å²) >= 11 is 0. The zero-order valence-corrected chi connectivity index (χ0v) is 15.0. The molecule has 1 N–H and O–H groups in total. The lowest BCUT2D eigenvalue weighted by atomic mass is 10.0. The molecule has 1 aromatic heterocycles. The normalized spacial score (nSPS) is 14.0.